The van der Waals surface area contributed by atoms with Crippen molar-refractivity contribution in [2.45, 2.75) is 51.9 Å². The number of hydrogen-bond acceptors (Lipinski definition) is 1. The highest BCUT2D eigenvalue weighted by atomic mass is 35.5. The molecule has 2 heteroatoms. The first-order valence-electron chi connectivity index (χ1n) is 5.68. The van der Waals surface area contributed by atoms with Crippen LogP contribution in [0.1, 0.15) is 51.9 Å². The van der Waals surface area contributed by atoms with Crippen LogP contribution in [0.2, 0.25) is 0 Å². The summed E-state index contributed by atoms with van der Waals surface area (Å²) < 4.78 is 0. The Kier molecular flexibility index (Phi) is 12.5. The van der Waals surface area contributed by atoms with Gasteiger partial charge in [-0.3, -0.25) is 0 Å². The first kappa shape index (κ1) is 13.2. The van der Waals surface area contributed by atoms with E-state index in [9.17, 15) is 0 Å². The predicted octanol–water partition coefficient (Wildman–Crippen LogP) is 3.57. The standard InChI is InChI=1S/C11H24ClN/c1-2-3-4-5-6-7-10-13-11-8-9-12/h13H,2-11H2,1H3. The van der Waals surface area contributed by atoms with Gasteiger partial charge in [0.15, 0.2) is 0 Å². The summed E-state index contributed by atoms with van der Waals surface area (Å²) in [6, 6.07) is 0. The van der Waals surface area contributed by atoms with E-state index in [0.29, 0.717) is 0 Å². The number of halogens is 1. The Morgan fingerprint density at radius 3 is 2.15 bits per heavy atom. The molecule has 1 N–H and O–H groups in total. The van der Waals surface area contributed by atoms with Crippen molar-refractivity contribution in [2.24, 2.45) is 0 Å². The Balaban J connectivity index is 2.76. The van der Waals surface area contributed by atoms with Crippen molar-refractivity contribution in [3.05, 3.63) is 0 Å². The van der Waals surface area contributed by atoms with Crippen LogP contribution in [-0.2, 0) is 0 Å². The molecule has 0 aliphatic carbocycles. The van der Waals surface area contributed by atoms with Gasteiger partial charge in [-0.2, -0.15) is 0 Å². The van der Waals surface area contributed by atoms with Gasteiger partial charge in [0, 0.05) is 5.88 Å². The van der Waals surface area contributed by atoms with Crippen LogP contribution in [-0.4, -0.2) is 19.0 Å². The van der Waals surface area contributed by atoms with Gasteiger partial charge in [0.05, 0.1) is 0 Å². The quantitative estimate of drug-likeness (QED) is 0.425. The third kappa shape index (κ3) is 12.2. The topological polar surface area (TPSA) is 12.0 Å². The lowest BCUT2D eigenvalue weighted by atomic mass is 10.1. The second kappa shape index (κ2) is 12.2. The number of nitrogens with one attached hydrogen (secondary N) is 1. The highest BCUT2D eigenvalue weighted by molar-refractivity contribution is 6.17. The zero-order valence-corrected chi connectivity index (χ0v) is 9.70. The van der Waals surface area contributed by atoms with Gasteiger partial charge in [-0.1, -0.05) is 39.0 Å². The molecule has 0 saturated carbocycles. The van der Waals surface area contributed by atoms with E-state index in [4.69, 9.17) is 11.6 Å². The Labute approximate surface area is 88.2 Å². The minimum absolute atomic E-state index is 0.781. The number of unbranched alkanes of at least 4 members (excludes halogenated alkanes) is 5. The molecule has 0 bridgehead atoms. The summed E-state index contributed by atoms with van der Waals surface area (Å²) in [6.45, 7) is 4.51. The monoisotopic (exact) mass is 205 g/mol. The fourth-order valence-corrected chi connectivity index (χ4v) is 1.48. The van der Waals surface area contributed by atoms with Crippen LogP contribution in [0, 0.1) is 0 Å². The highest BCUT2D eigenvalue weighted by Crippen LogP contribution is 2.03. The van der Waals surface area contributed by atoms with Crippen molar-refractivity contribution in [3.8, 4) is 0 Å². The molecule has 0 aliphatic heterocycles. The van der Waals surface area contributed by atoms with Gasteiger partial charge >= 0.3 is 0 Å². The number of rotatable bonds is 10. The van der Waals surface area contributed by atoms with Crippen molar-refractivity contribution < 1.29 is 0 Å². The van der Waals surface area contributed by atoms with E-state index >= 15 is 0 Å². The number of alkyl halides is 1. The van der Waals surface area contributed by atoms with Crippen LogP contribution < -0.4 is 5.32 Å². The first-order valence-corrected chi connectivity index (χ1v) is 6.22. The summed E-state index contributed by atoms with van der Waals surface area (Å²) >= 11 is 5.56. The summed E-state index contributed by atoms with van der Waals surface area (Å²) in [5.74, 6) is 0.781. The first-order chi connectivity index (χ1) is 6.41. The summed E-state index contributed by atoms with van der Waals surface area (Å²) in [7, 11) is 0. The molecule has 0 atom stereocenters. The van der Waals surface area contributed by atoms with Gasteiger partial charge in [0.2, 0.25) is 0 Å². The van der Waals surface area contributed by atoms with E-state index in [1.165, 1.54) is 45.1 Å². The predicted molar refractivity (Wildman–Crippen MR) is 61.6 cm³/mol. The van der Waals surface area contributed by atoms with E-state index in [1.807, 2.05) is 0 Å². The smallest absolute Gasteiger partial charge is 0.0235 e. The van der Waals surface area contributed by atoms with Gasteiger partial charge in [0.25, 0.3) is 0 Å². The molecular formula is C11H24ClN. The zero-order chi connectivity index (χ0) is 9.78. The average Bonchev–Trinajstić information content (AvgIpc) is 2.16. The van der Waals surface area contributed by atoms with Gasteiger partial charge in [-0.05, 0) is 25.9 Å². The van der Waals surface area contributed by atoms with Gasteiger partial charge < -0.3 is 5.32 Å². The molecule has 0 saturated heterocycles. The van der Waals surface area contributed by atoms with Crippen LogP contribution in [0.3, 0.4) is 0 Å². The van der Waals surface area contributed by atoms with Crippen LogP contribution in [0.4, 0.5) is 0 Å². The zero-order valence-electron chi connectivity index (χ0n) is 8.95. The average molecular weight is 206 g/mol. The van der Waals surface area contributed by atoms with Crippen molar-refractivity contribution in [1.82, 2.24) is 5.32 Å². The number of hydrogen-bond donors (Lipinski definition) is 1. The molecule has 0 radical (unpaired) electrons. The molecule has 0 aliphatic rings. The van der Waals surface area contributed by atoms with E-state index in [-0.39, 0.29) is 0 Å². The van der Waals surface area contributed by atoms with Gasteiger partial charge in [0.1, 0.15) is 0 Å². The molecule has 80 valence electrons. The summed E-state index contributed by atoms with van der Waals surface area (Å²) in [5.41, 5.74) is 0. The van der Waals surface area contributed by atoms with Crippen molar-refractivity contribution >= 4 is 11.6 Å². The van der Waals surface area contributed by atoms with E-state index in [0.717, 1.165) is 18.8 Å². The van der Waals surface area contributed by atoms with Crippen LogP contribution in [0.25, 0.3) is 0 Å². The van der Waals surface area contributed by atoms with Crippen LogP contribution >= 0.6 is 11.6 Å². The Morgan fingerprint density at radius 1 is 0.846 bits per heavy atom. The van der Waals surface area contributed by atoms with E-state index < -0.39 is 0 Å². The lowest BCUT2D eigenvalue weighted by Crippen LogP contribution is -2.16. The molecule has 0 aromatic heterocycles. The SMILES string of the molecule is CCCCCCCCNCCCCl. The Bertz CT molecular complexity index is 76.2. The lowest BCUT2D eigenvalue weighted by Gasteiger charge is -2.02. The van der Waals surface area contributed by atoms with Gasteiger partial charge in [-0.25, -0.2) is 0 Å². The highest BCUT2D eigenvalue weighted by Gasteiger charge is 1.89. The maximum atomic E-state index is 5.56. The lowest BCUT2D eigenvalue weighted by molar-refractivity contribution is 0.571. The summed E-state index contributed by atoms with van der Waals surface area (Å²) in [5, 5.41) is 3.39. The molecule has 0 rings (SSSR count). The van der Waals surface area contributed by atoms with Crippen LogP contribution in [0.15, 0.2) is 0 Å². The molecule has 0 fully saturated rings. The van der Waals surface area contributed by atoms with Crippen molar-refractivity contribution in [3.63, 3.8) is 0 Å². The third-order valence-corrected chi connectivity index (χ3v) is 2.46. The third-order valence-electron chi connectivity index (χ3n) is 2.19. The Morgan fingerprint density at radius 2 is 1.46 bits per heavy atom. The second-order valence-corrected chi connectivity index (χ2v) is 3.94. The minimum Gasteiger partial charge on any atom is -0.317 e. The molecule has 0 unspecified atom stereocenters. The second-order valence-electron chi connectivity index (χ2n) is 3.56. The normalized spacial score (nSPS) is 10.6. The van der Waals surface area contributed by atoms with Crippen molar-refractivity contribution in [2.75, 3.05) is 19.0 Å². The van der Waals surface area contributed by atoms with Crippen molar-refractivity contribution in [1.29, 1.82) is 0 Å². The van der Waals surface area contributed by atoms with Gasteiger partial charge in [-0.15, -0.1) is 11.6 Å². The molecule has 0 aromatic carbocycles. The fourth-order valence-electron chi connectivity index (χ4n) is 1.35. The fraction of sp³-hybridized carbons (Fsp3) is 1.00. The van der Waals surface area contributed by atoms with E-state index in [2.05, 4.69) is 12.2 Å². The largest absolute Gasteiger partial charge is 0.317 e. The Hall–Kier alpha value is 0.250. The minimum atomic E-state index is 0.781. The van der Waals surface area contributed by atoms with E-state index in [1.54, 1.807) is 0 Å². The molecule has 0 aromatic rings. The molecule has 0 heterocycles. The maximum absolute atomic E-state index is 5.56. The molecular weight excluding hydrogens is 182 g/mol. The molecule has 1 nitrogen and oxygen atoms in total. The molecule has 13 heavy (non-hydrogen) atoms. The van der Waals surface area contributed by atoms with Crippen LogP contribution in [0.5, 0.6) is 0 Å². The maximum Gasteiger partial charge on any atom is 0.0235 e. The molecule has 0 spiro atoms. The summed E-state index contributed by atoms with van der Waals surface area (Å²) in [4.78, 5) is 0. The summed E-state index contributed by atoms with van der Waals surface area (Å²) in [6.07, 6.45) is 9.37. The molecule has 0 amide bonds.